The number of carbonyl (C=O) groups is 1. The molecule has 3 heterocycles. The Labute approximate surface area is 165 Å². The minimum Gasteiger partial charge on any atom is -0.493 e. The summed E-state index contributed by atoms with van der Waals surface area (Å²) in [4.78, 5) is 30.4. The van der Waals surface area contributed by atoms with Gasteiger partial charge in [0, 0.05) is 19.5 Å². The molecule has 1 N–H and O–H groups in total. The first-order chi connectivity index (χ1) is 13.5. The number of thiophene rings is 1. The summed E-state index contributed by atoms with van der Waals surface area (Å²) in [5.41, 5.74) is 1.63. The number of aromatic nitrogens is 2. The Kier molecular flexibility index (Phi) is 4.80. The van der Waals surface area contributed by atoms with Crippen molar-refractivity contribution in [2.24, 2.45) is 13.0 Å². The summed E-state index contributed by atoms with van der Waals surface area (Å²) in [6, 6.07) is 5.84. The van der Waals surface area contributed by atoms with Crippen LogP contribution < -0.4 is 20.3 Å². The molecule has 8 heteroatoms. The molecule has 146 valence electrons. The first-order valence-corrected chi connectivity index (χ1v) is 9.82. The molecule has 2 aromatic heterocycles. The van der Waals surface area contributed by atoms with Crippen LogP contribution >= 0.6 is 11.3 Å². The largest absolute Gasteiger partial charge is 0.493 e. The maximum Gasteiger partial charge on any atom is 0.262 e. The number of para-hydroxylation sites is 1. The zero-order valence-electron chi connectivity index (χ0n) is 15.9. The van der Waals surface area contributed by atoms with Gasteiger partial charge in [0.25, 0.3) is 11.5 Å². The molecule has 0 saturated heterocycles. The number of hydrogen-bond donors (Lipinski definition) is 1. The van der Waals surface area contributed by atoms with E-state index in [4.69, 9.17) is 9.47 Å². The smallest absolute Gasteiger partial charge is 0.262 e. The molecular formula is C20H21N3O4S. The first-order valence-electron chi connectivity index (χ1n) is 9.01. The van der Waals surface area contributed by atoms with Gasteiger partial charge in [0.05, 0.1) is 30.3 Å². The molecule has 0 bridgehead atoms. The van der Waals surface area contributed by atoms with Crippen LogP contribution in [0, 0.1) is 12.8 Å². The Balaban J connectivity index is 1.48. The van der Waals surface area contributed by atoms with E-state index in [0.29, 0.717) is 33.8 Å². The number of ether oxygens (including phenoxy) is 2. The van der Waals surface area contributed by atoms with Gasteiger partial charge in [-0.2, -0.15) is 0 Å². The summed E-state index contributed by atoms with van der Waals surface area (Å²) < 4.78 is 12.6. The number of aryl methyl sites for hydroxylation is 2. The Bertz CT molecular complexity index is 1120. The van der Waals surface area contributed by atoms with Crippen molar-refractivity contribution in [2.75, 3.05) is 20.3 Å². The molecule has 0 aliphatic carbocycles. The second-order valence-electron chi connectivity index (χ2n) is 6.94. The van der Waals surface area contributed by atoms with Gasteiger partial charge < -0.3 is 19.4 Å². The number of nitrogens with one attached hydrogen (secondary N) is 1. The van der Waals surface area contributed by atoms with Crippen LogP contribution in [-0.2, 0) is 13.5 Å². The molecule has 0 unspecified atom stereocenters. The number of amides is 1. The predicted octanol–water partition coefficient (Wildman–Crippen LogP) is 2.29. The maximum absolute atomic E-state index is 12.7. The van der Waals surface area contributed by atoms with E-state index in [0.717, 1.165) is 23.5 Å². The van der Waals surface area contributed by atoms with E-state index >= 15 is 0 Å². The third kappa shape index (κ3) is 3.13. The molecule has 0 fully saturated rings. The van der Waals surface area contributed by atoms with Gasteiger partial charge in [0.1, 0.15) is 4.83 Å². The summed E-state index contributed by atoms with van der Waals surface area (Å²) in [7, 11) is 3.28. The molecular weight excluding hydrogens is 378 g/mol. The van der Waals surface area contributed by atoms with E-state index in [1.165, 1.54) is 22.2 Å². The van der Waals surface area contributed by atoms with E-state index in [1.54, 1.807) is 21.1 Å². The average Bonchev–Trinajstić information content (AvgIpc) is 3.05. The number of rotatable bonds is 4. The topological polar surface area (TPSA) is 82.4 Å². The zero-order valence-corrected chi connectivity index (χ0v) is 16.8. The third-order valence-corrected chi connectivity index (χ3v) is 6.22. The van der Waals surface area contributed by atoms with Crippen LogP contribution in [0.5, 0.6) is 11.5 Å². The molecule has 1 atom stereocenters. The van der Waals surface area contributed by atoms with Crippen LogP contribution in [0.25, 0.3) is 10.2 Å². The van der Waals surface area contributed by atoms with Gasteiger partial charge in [0.15, 0.2) is 11.5 Å². The average molecular weight is 399 g/mol. The van der Waals surface area contributed by atoms with E-state index in [-0.39, 0.29) is 17.4 Å². The minimum atomic E-state index is -0.181. The van der Waals surface area contributed by atoms with Crippen LogP contribution in [0.1, 0.15) is 20.8 Å². The molecule has 0 spiro atoms. The fourth-order valence-corrected chi connectivity index (χ4v) is 4.55. The maximum atomic E-state index is 12.7. The Morgan fingerprint density at radius 2 is 2.29 bits per heavy atom. The molecule has 28 heavy (non-hydrogen) atoms. The van der Waals surface area contributed by atoms with Crippen molar-refractivity contribution < 1.29 is 14.3 Å². The molecule has 0 radical (unpaired) electrons. The number of benzene rings is 1. The summed E-state index contributed by atoms with van der Waals surface area (Å²) in [6.07, 6.45) is 2.29. The lowest BCUT2D eigenvalue weighted by Gasteiger charge is -2.26. The summed E-state index contributed by atoms with van der Waals surface area (Å²) >= 11 is 1.25. The molecule has 1 aromatic carbocycles. The molecule has 7 nitrogen and oxygen atoms in total. The van der Waals surface area contributed by atoms with Crippen molar-refractivity contribution in [1.82, 2.24) is 14.9 Å². The lowest BCUT2D eigenvalue weighted by atomic mass is 9.96. The van der Waals surface area contributed by atoms with Crippen LogP contribution in [-0.4, -0.2) is 35.7 Å². The fraction of sp³-hybridized carbons (Fsp3) is 0.350. The Morgan fingerprint density at radius 1 is 1.46 bits per heavy atom. The first kappa shape index (κ1) is 18.5. The quantitative estimate of drug-likeness (QED) is 0.728. The molecule has 3 aromatic rings. The second kappa shape index (κ2) is 7.27. The number of nitrogens with zero attached hydrogens (tertiary/aromatic N) is 2. The van der Waals surface area contributed by atoms with Crippen molar-refractivity contribution in [3.8, 4) is 11.5 Å². The van der Waals surface area contributed by atoms with Gasteiger partial charge in [-0.1, -0.05) is 12.1 Å². The normalized spacial score (nSPS) is 15.8. The lowest BCUT2D eigenvalue weighted by molar-refractivity contribution is 0.0942. The third-order valence-electron chi connectivity index (χ3n) is 5.02. The highest BCUT2D eigenvalue weighted by molar-refractivity contribution is 7.20. The van der Waals surface area contributed by atoms with Gasteiger partial charge in [-0.25, -0.2) is 4.98 Å². The standard InChI is InChI=1S/C20H21N3O4S/c1-11-15-19(22-10-23(2)20(15)25)28-17(11)18(24)21-8-12-7-13-5-4-6-14(26-3)16(13)27-9-12/h4-6,10,12H,7-9H2,1-3H3,(H,21,24)/t12-/m0/s1. The second-order valence-corrected chi connectivity index (χ2v) is 7.94. The molecule has 1 amide bonds. The van der Waals surface area contributed by atoms with Gasteiger partial charge >= 0.3 is 0 Å². The van der Waals surface area contributed by atoms with E-state index in [2.05, 4.69) is 10.3 Å². The number of methoxy groups -OCH3 is 1. The highest BCUT2D eigenvalue weighted by Gasteiger charge is 2.24. The van der Waals surface area contributed by atoms with Crippen molar-refractivity contribution in [3.63, 3.8) is 0 Å². The summed E-state index contributed by atoms with van der Waals surface area (Å²) in [5, 5.41) is 3.50. The van der Waals surface area contributed by atoms with E-state index in [1.807, 2.05) is 18.2 Å². The fourth-order valence-electron chi connectivity index (χ4n) is 3.49. The SMILES string of the molecule is COc1cccc2c1OC[C@H](CNC(=O)c1sc3ncn(C)c(=O)c3c1C)C2. The molecule has 4 rings (SSSR count). The lowest BCUT2D eigenvalue weighted by Crippen LogP contribution is -2.34. The Morgan fingerprint density at radius 3 is 3.07 bits per heavy atom. The highest BCUT2D eigenvalue weighted by Crippen LogP contribution is 2.36. The number of fused-ring (bicyclic) bond motifs is 2. The summed E-state index contributed by atoms with van der Waals surface area (Å²) in [5.74, 6) is 1.51. The van der Waals surface area contributed by atoms with Gasteiger partial charge in [-0.15, -0.1) is 11.3 Å². The van der Waals surface area contributed by atoms with E-state index in [9.17, 15) is 9.59 Å². The monoisotopic (exact) mass is 399 g/mol. The zero-order chi connectivity index (χ0) is 19.8. The predicted molar refractivity (Wildman–Crippen MR) is 108 cm³/mol. The van der Waals surface area contributed by atoms with E-state index < -0.39 is 0 Å². The van der Waals surface area contributed by atoms with Crippen LogP contribution in [0.4, 0.5) is 0 Å². The van der Waals surface area contributed by atoms with Crippen LogP contribution in [0.15, 0.2) is 29.3 Å². The summed E-state index contributed by atoms with van der Waals surface area (Å²) in [6.45, 7) is 2.80. The van der Waals surface area contributed by atoms with Gasteiger partial charge in [-0.3, -0.25) is 9.59 Å². The molecule has 1 aliphatic rings. The molecule has 0 saturated carbocycles. The number of carbonyl (C=O) groups excluding carboxylic acids is 1. The van der Waals surface area contributed by atoms with Crippen molar-refractivity contribution in [3.05, 3.63) is 50.9 Å². The van der Waals surface area contributed by atoms with Crippen molar-refractivity contribution in [1.29, 1.82) is 0 Å². The van der Waals surface area contributed by atoms with Crippen molar-refractivity contribution in [2.45, 2.75) is 13.3 Å². The molecule has 1 aliphatic heterocycles. The van der Waals surface area contributed by atoms with Gasteiger partial charge in [-0.05, 0) is 30.5 Å². The Hall–Kier alpha value is -2.87. The van der Waals surface area contributed by atoms with Gasteiger partial charge in [0.2, 0.25) is 0 Å². The minimum absolute atomic E-state index is 0.135. The number of hydrogen-bond acceptors (Lipinski definition) is 6. The van der Waals surface area contributed by atoms with Crippen LogP contribution in [0.2, 0.25) is 0 Å². The van der Waals surface area contributed by atoms with Crippen molar-refractivity contribution >= 4 is 27.5 Å². The van der Waals surface area contributed by atoms with Crippen LogP contribution in [0.3, 0.4) is 0 Å². The highest BCUT2D eigenvalue weighted by atomic mass is 32.1.